The van der Waals surface area contributed by atoms with Crippen molar-refractivity contribution in [3.63, 3.8) is 0 Å². The van der Waals surface area contributed by atoms with Crippen LogP contribution in [-0.4, -0.2) is 26.4 Å². The average Bonchev–Trinajstić information content (AvgIpc) is 3.25. The van der Waals surface area contributed by atoms with E-state index in [2.05, 4.69) is 61.6 Å². The largest absolute Gasteiger partial charge is 0.357 e. The minimum atomic E-state index is 0.607. The number of benzene rings is 1. The van der Waals surface area contributed by atoms with Crippen LogP contribution < -0.4 is 5.32 Å². The van der Waals surface area contributed by atoms with Crippen molar-refractivity contribution in [2.45, 2.75) is 41.5 Å². The van der Waals surface area contributed by atoms with Crippen molar-refractivity contribution >= 4 is 22.2 Å². The number of nitrogens with one attached hydrogen (secondary N) is 1. The van der Waals surface area contributed by atoms with Crippen molar-refractivity contribution in [1.82, 2.24) is 19.4 Å². The first-order chi connectivity index (χ1) is 13.3. The lowest BCUT2D eigenvalue weighted by Gasteiger charge is -2.18. The molecule has 4 aromatic rings. The molecule has 0 aliphatic rings. The summed E-state index contributed by atoms with van der Waals surface area (Å²) in [5.41, 5.74) is 11.9. The summed E-state index contributed by atoms with van der Waals surface area (Å²) in [5.74, 6) is 0.607. The fraction of sp³-hybridized carbons (Fsp3) is 0.318. The summed E-state index contributed by atoms with van der Waals surface area (Å²) in [7, 11) is 1.84. The number of nitrogens with zero attached hydrogens (tertiary/aromatic N) is 4. The lowest BCUT2D eigenvalue weighted by Crippen LogP contribution is -2.02. The molecule has 0 saturated carbocycles. The summed E-state index contributed by atoms with van der Waals surface area (Å²) in [4.78, 5) is 15.1. The van der Waals surface area contributed by atoms with Gasteiger partial charge in [0.25, 0.3) is 0 Å². The van der Waals surface area contributed by atoms with Gasteiger partial charge in [-0.1, -0.05) is 0 Å². The zero-order valence-corrected chi connectivity index (χ0v) is 18.2. The number of hydrogen-bond acceptors (Lipinski definition) is 5. The quantitative estimate of drug-likeness (QED) is 0.507. The van der Waals surface area contributed by atoms with Crippen molar-refractivity contribution in [1.29, 1.82) is 0 Å². The van der Waals surface area contributed by atoms with Crippen molar-refractivity contribution in [2.24, 2.45) is 0 Å². The first-order valence-corrected chi connectivity index (χ1v) is 10.3. The van der Waals surface area contributed by atoms with Gasteiger partial charge in [0.2, 0.25) is 5.95 Å². The summed E-state index contributed by atoms with van der Waals surface area (Å²) < 4.78 is 2.21. The Hall–Kier alpha value is -2.73. The molecule has 0 spiro atoms. The number of thiazole rings is 1. The molecule has 0 unspecified atom stereocenters. The molecule has 0 atom stereocenters. The Balaban J connectivity index is 2.13. The zero-order chi connectivity index (χ0) is 20.2. The van der Waals surface area contributed by atoms with E-state index in [1.54, 1.807) is 17.5 Å². The Morgan fingerprint density at radius 1 is 0.893 bits per heavy atom. The highest BCUT2D eigenvalue weighted by Crippen LogP contribution is 2.40. The molecule has 144 valence electrons. The number of hydrogen-bond donors (Lipinski definition) is 1. The van der Waals surface area contributed by atoms with Crippen LogP contribution in [0.2, 0.25) is 0 Å². The Kier molecular flexibility index (Phi) is 4.46. The summed E-state index contributed by atoms with van der Waals surface area (Å²) in [6.45, 7) is 13.1. The topological polar surface area (TPSA) is 55.1 Å². The summed E-state index contributed by atoms with van der Waals surface area (Å²) in [6.07, 6.45) is 1.80. The van der Waals surface area contributed by atoms with Crippen molar-refractivity contribution < 1.29 is 0 Å². The van der Waals surface area contributed by atoms with Crippen LogP contribution in [0.15, 0.2) is 17.6 Å². The minimum absolute atomic E-state index is 0.607. The lowest BCUT2D eigenvalue weighted by atomic mass is 9.87. The van der Waals surface area contributed by atoms with E-state index in [0.717, 1.165) is 27.7 Å². The van der Waals surface area contributed by atoms with E-state index in [4.69, 9.17) is 9.97 Å². The molecule has 0 aliphatic carbocycles. The van der Waals surface area contributed by atoms with Gasteiger partial charge in [-0.2, -0.15) is 0 Å². The number of fused-ring (bicyclic) bond motifs is 1. The van der Waals surface area contributed by atoms with Crippen molar-refractivity contribution in [2.75, 3.05) is 12.4 Å². The molecule has 0 fully saturated rings. The molecule has 28 heavy (non-hydrogen) atoms. The molecular weight excluding hydrogens is 366 g/mol. The van der Waals surface area contributed by atoms with Crippen LogP contribution in [0, 0.1) is 41.5 Å². The Morgan fingerprint density at radius 2 is 1.54 bits per heavy atom. The standard InChI is InChI=1S/C22H25N5S/c1-11-10-28-22-26-19(18-15(5)13(3)12(2)14(4)16(18)6)20(27(11)22)17-8-9-24-21(23-7)25-17/h8-10H,1-7H3,(H,23,24,25). The molecular formula is C22H25N5S. The van der Waals surface area contributed by atoms with Gasteiger partial charge in [-0.15, -0.1) is 11.3 Å². The van der Waals surface area contributed by atoms with Gasteiger partial charge < -0.3 is 5.32 Å². The maximum absolute atomic E-state index is 5.07. The maximum atomic E-state index is 5.07. The molecule has 0 bridgehead atoms. The predicted octanol–water partition coefficient (Wildman–Crippen LogP) is 5.41. The second-order valence-electron chi connectivity index (χ2n) is 7.32. The lowest BCUT2D eigenvalue weighted by molar-refractivity contribution is 1.10. The number of imidazole rings is 1. The van der Waals surface area contributed by atoms with Crippen LogP contribution in [-0.2, 0) is 0 Å². The third-order valence-corrected chi connectivity index (χ3v) is 6.84. The van der Waals surface area contributed by atoms with E-state index >= 15 is 0 Å². The van der Waals surface area contributed by atoms with E-state index < -0.39 is 0 Å². The maximum Gasteiger partial charge on any atom is 0.222 e. The first-order valence-electron chi connectivity index (χ1n) is 9.40. The molecule has 4 rings (SSSR count). The van der Waals surface area contributed by atoms with Crippen LogP contribution in [0.3, 0.4) is 0 Å². The van der Waals surface area contributed by atoms with E-state index in [1.165, 1.54) is 33.4 Å². The van der Waals surface area contributed by atoms with Crippen molar-refractivity contribution in [3.05, 3.63) is 51.2 Å². The van der Waals surface area contributed by atoms with Gasteiger partial charge in [0.15, 0.2) is 4.96 Å². The van der Waals surface area contributed by atoms with E-state index in [1.807, 2.05) is 13.1 Å². The van der Waals surface area contributed by atoms with Gasteiger partial charge in [0.1, 0.15) is 11.4 Å². The van der Waals surface area contributed by atoms with E-state index in [0.29, 0.717) is 5.95 Å². The molecule has 6 heteroatoms. The van der Waals surface area contributed by atoms with Crippen LogP contribution in [0.1, 0.15) is 33.5 Å². The second kappa shape index (κ2) is 6.71. The molecule has 0 amide bonds. The van der Waals surface area contributed by atoms with Crippen LogP contribution in [0.25, 0.3) is 27.6 Å². The number of aromatic nitrogens is 4. The highest BCUT2D eigenvalue weighted by atomic mass is 32.1. The molecule has 3 aromatic heterocycles. The van der Waals surface area contributed by atoms with Crippen LogP contribution in [0.4, 0.5) is 5.95 Å². The van der Waals surface area contributed by atoms with E-state index in [9.17, 15) is 0 Å². The minimum Gasteiger partial charge on any atom is -0.357 e. The molecule has 0 radical (unpaired) electrons. The summed E-state index contributed by atoms with van der Waals surface area (Å²) >= 11 is 1.66. The molecule has 0 saturated heterocycles. The van der Waals surface area contributed by atoms with Gasteiger partial charge in [-0.3, -0.25) is 4.40 Å². The van der Waals surface area contributed by atoms with Gasteiger partial charge in [0, 0.05) is 29.9 Å². The fourth-order valence-electron chi connectivity index (χ4n) is 3.87. The van der Waals surface area contributed by atoms with E-state index in [-0.39, 0.29) is 0 Å². The van der Waals surface area contributed by atoms with Crippen LogP contribution >= 0.6 is 11.3 Å². The zero-order valence-electron chi connectivity index (χ0n) is 17.4. The number of anilines is 1. The van der Waals surface area contributed by atoms with Crippen LogP contribution in [0.5, 0.6) is 0 Å². The van der Waals surface area contributed by atoms with Gasteiger partial charge >= 0.3 is 0 Å². The Labute approximate surface area is 169 Å². The molecule has 3 heterocycles. The third kappa shape index (κ3) is 2.63. The highest BCUT2D eigenvalue weighted by Gasteiger charge is 2.24. The first kappa shape index (κ1) is 18.6. The second-order valence-corrected chi connectivity index (χ2v) is 8.16. The number of aryl methyl sites for hydroxylation is 1. The van der Waals surface area contributed by atoms with Gasteiger partial charge in [-0.05, 0) is 75.4 Å². The van der Waals surface area contributed by atoms with Gasteiger partial charge in [0.05, 0.1) is 5.69 Å². The third-order valence-electron chi connectivity index (χ3n) is 5.89. The van der Waals surface area contributed by atoms with Gasteiger partial charge in [-0.25, -0.2) is 15.0 Å². The Bertz CT molecular complexity index is 1190. The molecule has 1 N–H and O–H groups in total. The molecule has 1 aromatic carbocycles. The Morgan fingerprint density at radius 3 is 2.18 bits per heavy atom. The summed E-state index contributed by atoms with van der Waals surface area (Å²) in [6, 6.07) is 1.96. The predicted molar refractivity (Wildman–Crippen MR) is 117 cm³/mol. The average molecular weight is 392 g/mol. The molecule has 5 nitrogen and oxygen atoms in total. The summed E-state index contributed by atoms with van der Waals surface area (Å²) in [5, 5.41) is 5.18. The number of rotatable bonds is 3. The SMILES string of the molecule is CNc1nccc(-c2c(-c3c(C)c(C)c(C)c(C)c3C)nc3scc(C)n23)n1. The smallest absolute Gasteiger partial charge is 0.222 e. The highest BCUT2D eigenvalue weighted by molar-refractivity contribution is 7.15. The fourth-order valence-corrected chi connectivity index (χ4v) is 4.74. The molecule has 0 aliphatic heterocycles. The normalized spacial score (nSPS) is 11.4. The monoisotopic (exact) mass is 391 g/mol. The van der Waals surface area contributed by atoms with Crippen molar-refractivity contribution in [3.8, 4) is 22.6 Å².